The van der Waals surface area contributed by atoms with E-state index in [0.717, 1.165) is 12.1 Å². The normalized spacial score (nSPS) is 13.3. The first-order valence-corrected chi connectivity index (χ1v) is 6.54. The number of nitrogens with one attached hydrogen (secondary N) is 1. The van der Waals surface area contributed by atoms with E-state index in [1.54, 1.807) is 6.92 Å². The van der Waals surface area contributed by atoms with Crippen molar-refractivity contribution < 1.29 is 19.6 Å². The van der Waals surface area contributed by atoms with Gasteiger partial charge in [-0.1, -0.05) is 18.5 Å². The van der Waals surface area contributed by atoms with Crippen molar-refractivity contribution in [3.63, 3.8) is 0 Å². The molecule has 0 saturated carbocycles. The second-order valence-electron chi connectivity index (χ2n) is 4.86. The van der Waals surface area contributed by atoms with Crippen LogP contribution in [0.5, 0.6) is 0 Å². The SMILES string of the molecule is CCC(C)(CNC(=O)c1cc(Cl)cc([N+](=O)[O-])c1)C(=O)O. The number of benzene rings is 1. The number of hydrogen-bond donors (Lipinski definition) is 2. The monoisotopic (exact) mass is 314 g/mol. The number of nitrogens with zero attached hydrogens (tertiary/aromatic N) is 1. The predicted molar refractivity (Wildman–Crippen MR) is 76.5 cm³/mol. The van der Waals surface area contributed by atoms with E-state index in [-0.39, 0.29) is 22.8 Å². The smallest absolute Gasteiger partial charge is 0.311 e. The van der Waals surface area contributed by atoms with E-state index in [1.165, 1.54) is 13.0 Å². The van der Waals surface area contributed by atoms with Crippen molar-refractivity contribution in [2.24, 2.45) is 5.41 Å². The van der Waals surface area contributed by atoms with Crippen LogP contribution < -0.4 is 5.32 Å². The Morgan fingerprint density at radius 1 is 1.43 bits per heavy atom. The molecular formula is C13H15ClN2O5. The number of carboxylic acid groups (broad SMARTS) is 1. The van der Waals surface area contributed by atoms with Gasteiger partial charge in [-0.15, -0.1) is 0 Å². The average molecular weight is 315 g/mol. The molecule has 0 spiro atoms. The molecule has 0 aromatic heterocycles. The van der Waals surface area contributed by atoms with Crippen LogP contribution in [0.1, 0.15) is 30.6 Å². The number of hydrogen-bond acceptors (Lipinski definition) is 4. The van der Waals surface area contributed by atoms with Gasteiger partial charge in [0.15, 0.2) is 0 Å². The second kappa shape index (κ2) is 6.53. The number of rotatable bonds is 6. The quantitative estimate of drug-likeness (QED) is 0.619. The molecule has 2 N–H and O–H groups in total. The molecule has 0 aliphatic carbocycles. The van der Waals surface area contributed by atoms with E-state index in [0.29, 0.717) is 6.42 Å². The summed E-state index contributed by atoms with van der Waals surface area (Å²) >= 11 is 5.73. The molecule has 0 aliphatic rings. The number of amides is 1. The van der Waals surface area contributed by atoms with Crippen molar-refractivity contribution in [2.45, 2.75) is 20.3 Å². The lowest BCUT2D eigenvalue weighted by Crippen LogP contribution is -2.40. The lowest BCUT2D eigenvalue weighted by Gasteiger charge is -2.23. The summed E-state index contributed by atoms with van der Waals surface area (Å²) < 4.78 is 0. The van der Waals surface area contributed by atoms with Crippen LogP contribution in [0.3, 0.4) is 0 Å². The van der Waals surface area contributed by atoms with Gasteiger partial charge in [0.2, 0.25) is 0 Å². The van der Waals surface area contributed by atoms with Gasteiger partial charge in [-0.25, -0.2) is 0 Å². The Bertz CT molecular complexity index is 590. The van der Waals surface area contributed by atoms with Crippen molar-refractivity contribution in [1.29, 1.82) is 0 Å². The highest BCUT2D eigenvalue weighted by Gasteiger charge is 2.31. The molecular weight excluding hydrogens is 300 g/mol. The fourth-order valence-corrected chi connectivity index (χ4v) is 1.77. The topological polar surface area (TPSA) is 110 Å². The van der Waals surface area contributed by atoms with E-state index in [4.69, 9.17) is 16.7 Å². The van der Waals surface area contributed by atoms with Crippen LogP contribution in [0.25, 0.3) is 0 Å². The Balaban J connectivity index is 2.90. The summed E-state index contributed by atoms with van der Waals surface area (Å²) in [7, 11) is 0. The Kier molecular flexibility index (Phi) is 5.26. The van der Waals surface area contributed by atoms with E-state index in [9.17, 15) is 19.7 Å². The standard InChI is InChI=1S/C13H15ClN2O5/c1-3-13(2,12(18)19)7-15-11(17)8-4-9(14)6-10(5-8)16(20)21/h4-6H,3,7H2,1-2H3,(H,15,17)(H,18,19). The molecule has 1 rings (SSSR count). The Morgan fingerprint density at radius 2 is 2.05 bits per heavy atom. The lowest BCUT2D eigenvalue weighted by atomic mass is 9.87. The summed E-state index contributed by atoms with van der Waals surface area (Å²) in [5, 5.41) is 22.4. The first kappa shape index (κ1) is 16.9. The maximum Gasteiger partial charge on any atom is 0.311 e. The Labute approximate surface area is 126 Å². The molecule has 114 valence electrons. The zero-order valence-electron chi connectivity index (χ0n) is 11.6. The van der Waals surface area contributed by atoms with Gasteiger partial charge < -0.3 is 10.4 Å². The highest BCUT2D eigenvalue weighted by molar-refractivity contribution is 6.31. The molecule has 0 heterocycles. The van der Waals surface area contributed by atoms with Crippen molar-refractivity contribution in [2.75, 3.05) is 6.54 Å². The molecule has 1 aromatic rings. The summed E-state index contributed by atoms with van der Waals surface area (Å²) in [6.07, 6.45) is 0.332. The van der Waals surface area contributed by atoms with Gasteiger partial charge in [0.05, 0.1) is 10.3 Å². The average Bonchev–Trinajstić information content (AvgIpc) is 2.43. The predicted octanol–water partition coefficient (Wildman–Crippen LogP) is 2.48. The molecule has 0 bridgehead atoms. The lowest BCUT2D eigenvalue weighted by molar-refractivity contribution is -0.384. The summed E-state index contributed by atoms with van der Waals surface area (Å²) in [4.78, 5) is 33.2. The molecule has 1 atom stereocenters. The molecule has 0 radical (unpaired) electrons. The van der Waals surface area contributed by atoms with Gasteiger partial charge in [-0.3, -0.25) is 19.7 Å². The summed E-state index contributed by atoms with van der Waals surface area (Å²) in [6, 6.07) is 3.50. The van der Waals surface area contributed by atoms with Crippen LogP contribution in [0.4, 0.5) is 5.69 Å². The largest absolute Gasteiger partial charge is 0.481 e. The molecule has 7 nitrogen and oxygen atoms in total. The van der Waals surface area contributed by atoms with Crippen molar-refractivity contribution in [3.8, 4) is 0 Å². The highest BCUT2D eigenvalue weighted by atomic mass is 35.5. The van der Waals surface area contributed by atoms with Crippen LogP contribution in [0.2, 0.25) is 5.02 Å². The van der Waals surface area contributed by atoms with Gasteiger partial charge >= 0.3 is 5.97 Å². The number of carbonyl (C=O) groups is 2. The van der Waals surface area contributed by atoms with E-state index >= 15 is 0 Å². The number of non-ortho nitro benzene ring substituents is 1. The van der Waals surface area contributed by atoms with Gasteiger partial charge in [0.1, 0.15) is 0 Å². The third-order valence-corrected chi connectivity index (χ3v) is 3.51. The van der Waals surface area contributed by atoms with Crippen molar-refractivity contribution in [1.82, 2.24) is 5.32 Å². The van der Waals surface area contributed by atoms with E-state index < -0.39 is 22.2 Å². The van der Waals surface area contributed by atoms with Crippen LogP contribution in [0, 0.1) is 15.5 Å². The van der Waals surface area contributed by atoms with Crippen LogP contribution in [-0.2, 0) is 4.79 Å². The second-order valence-corrected chi connectivity index (χ2v) is 5.29. The Morgan fingerprint density at radius 3 is 2.52 bits per heavy atom. The summed E-state index contributed by atoms with van der Waals surface area (Å²) in [5.41, 5.74) is -1.39. The van der Waals surface area contributed by atoms with Crippen molar-refractivity contribution >= 4 is 29.2 Å². The van der Waals surface area contributed by atoms with Crippen molar-refractivity contribution in [3.05, 3.63) is 38.9 Å². The number of nitro benzene ring substituents is 1. The first-order valence-electron chi connectivity index (χ1n) is 6.16. The number of aliphatic carboxylic acids is 1. The van der Waals surface area contributed by atoms with Crippen LogP contribution in [-0.4, -0.2) is 28.5 Å². The molecule has 0 aliphatic heterocycles. The van der Waals surface area contributed by atoms with Gasteiger partial charge in [0.25, 0.3) is 11.6 Å². The van der Waals surface area contributed by atoms with E-state index in [2.05, 4.69) is 5.32 Å². The molecule has 1 unspecified atom stereocenters. The van der Waals surface area contributed by atoms with E-state index in [1.807, 2.05) is 0 Å². The number of carbonyl (C=O) groups excluding carboxylic acids is 1. The summed E-state index contributed by atoms with van der Waals surface area (Å²) in [5.74, 6) is -1.64. The highest BCUT2D eigenvalue weighted by Crippen LogP contribution is 2.22. The molecule has 1 aromatic carbocycles. The third-order valence-electron chi connectivity index (χ3n) is 3.29. The third kappa shape index (κ3) is 4.16. The fourth-order valence-electron chi connectivity index (χ4n) is 1.54. The minimum absolute atomic E-state index is 0.0121. The molecule has 0 saturated heterocycles. The minimum atomic E-state index is -1.10. The fraction of sp³-hybridized carbons (Fsp3) is 0.385. The zero-order chi connectivity index (χ0) is 16.2. The Hall–Kier alpha value is -2.15. The number of carboxylic acids is 1. The molecule has 1 amide bonds. The maximum atomic E-state index is 12.0. The summed E-state index contributed by atoms with van der Waals surface area (Å²) in [6.45, 7) is 3.12. The van der Waals surface area contributed by atoms with Gasteiger partial charge in [-0.05, 0) is 19.4 Å². The number of halogens is 1. The molecule has 21 heavy (non-hydrogen) atoms. The maximum absolute atomic E-state index is 12.0. The van der Waals surface area contributed by atoms with Gasteiger partial charge in [0, 0.05) is 29.3 Å². The van der Waals surface area contributed by atoms with Crippen LogP contribution >= 0.6 is 11.6 Å². The minimum Gasteiger partial charge on any atom is -0.481 e. The van der Waals surface area contributed by atoms with Crippen LogP contribution in [0.15, 0.2) is 18.2 Å². The first-order chi connectivity index (χ1) is 9.69. The van der Waals surface area contributed by atoms with Gasteiger partial charge in [-0.2, -0.15) is 0 Å². The molecule has 8 heteroatoms. The zero-order valence-corrected chi connectivity index (χ0v) is 12.3. The molecule has 0 fully saturated rings. The number of nitro groups is 1.